The Kier molecular flexibility index (Phi) is 2.07. The molecule has 0 atom stereocenters. The Hall–Kier alpha value is -0.910. The summed E-state index contributed by atoms with van der Waals surface area (Å²) < 4.78 is 1.21. The SMILES string of the molecule is Ic1ccc(-n2nccn2)cc1. The van der Waals surface area contributed by atoms with E-state index in [1.54, 1.807) is 17.2 Å². The van der Waals surface area contributed by atoms with E-state index in [2.05, 4.69) is 32.8 Å². The Labute approximate surface area is 83.5 Å². The molecule has 60 valence electrons. The van der Waals surface area contributed by atoms with Crippen molar-refractivity contribution < 1.29 is 0 Å². The van der Waals surface area contributed by atoms with E-state index >= 15 is 0 Å². The summed E-state index contributed by atoms with van der Waals surface area (Å²) in [5.74, 6) is 0. The third-order valence-electron chi connectivity index (χ3n) is 1.48. The number of halogens is 1. The molecular formula is C8H6IN3. The van der Waals surface area contributed by atoms with Crippen LogP contribution in [0.15, 0.2) is 36.7 Å². The number of nitrogens with zero attached hydrogens (tertiary/aromatic N) is 3. The zero-order valence-corrected chi connectivity index (χ0v) is 8.34. The molecule has 0 amide bonds. The van der Waals surface area contributed by atoms with Crippen LogP contribution in [0.3, 0.4) is 0 Å². The maximum atomic E-state index is 4.02. The molecule has 0 fully saturated rings. The fourth-order valence-corrected chi connectivity index (χ4v) is 1.28. The van der Waals surface area contributed by atoms with Gasteiger partial charge in [0.1, 0.15) is 0 Å². The second-order valence-corrected chi connectivity index (χ2v) is 3.54. The predicted octanol–water partition coefficient (Wildman–Crippen LogP) is 1.87. The summed E-state index contributed by atoms with van der Waals surface area (Å²) in [7, 11) is 0. The Morgan fingerprint density at radius 3 is 2.17 bits per heavy atom. The van der Waals surface area contributed by atoms with Crippen LogP contribution in [0.1, 0.15) is 0 Å². The maximum absolute atomic E-state index is 4.02. The molecule has 2 aromatic rings. The minimum Gasteiger partial charge on any atom is -0.157 e. The molecule has 0 bridgehead atoms. The average molecular weight is 271 g/mol. The molecule has 0 aliphatic carbocycles. The van der Waals surface area contributed by atoms with Crippen LogP contribution >= 0.6 is 22.6 Å². The molecule has 3 nitrogen and oxygen atoms in total. The maximum Gasteiger partial charge on any atom is 0.0857 e. The van der Waals surface area contributed by atoms with Gasteiger partial charge in [0, 0.05) is 3.57 Å². The molecule has 0 unspecified atom stereocenters. The summed E-state index contributed by atoms with van der Waals surface area (Å²) in [6.07, 6.45) is 3.33. The largest absolute Gasteiger partial charge is 0.157 e. The van der Waals surface area contributed by atoms with Crippen LogP contribution < -0.4 is 0 Å². The standard InChI is InChI=1S/C8H6IN3/c9-7-1-3-8(4-2-7)12-10-5-6-11-12/h1-6H. The van der Waals surface area contributed by atoms with Crippen molar-refractivity contribution in [2.24, 2.45) is 0 Å². The second-order valence-electron chi connectivity index (χ2n) is 2.29. The van der Waals surface area contributed by atoms with Crippen molar-refractivity contribution in [3.63, 3.8) is 0 Å². The van der Waals surface area contributed by atoms with E-state index in [1.807, 2.05) is 24.3 Å². The molecule has 12 heavy (non-hydrogen) atoms. The zero-order valence-electron chi connectivity index (χ0n) is 6.18. The molecule has 1 heterocycles. The molecular weight excluding hydrogens is 265 g/mol. The van der Waals surface area contributed by atoms with E-state index in [0.717, 1.165) is 5.69 Å². The van der Waals surface area contributed by atoms with Gasteiger partial charge in [-0.25, -0.2) is 0 Å². The fourth-order valence-electron chi connectivity index (χ4n) is 0.923. The van der Waals surface area contributed by atoms with Gasteiger partial charge in [-0.05, 0) is 46.9 Å². The van der Waals surface area contributed by atoms with Gasteiger partial charge in [-0.15, -0.1) is 0 Å². The highest BCUT2D eigenvalue weighted by atomic mass is 127. The smallest absolute Gasteiger partial charge is 0.0857 e. The molecule has 1 aromatic carbocycles. The first-order valence-electron chi connectivity index (χ1n) is 3.48. The summed E-state index contributed by atoms with van der Waals surface area (Å²) in [6.45, 7) is 0. The second kappa shape index (κ2) is 3.22. The van der Waals surface area contributed by atoms with Crippen molar-refractivity contribution in [3.05, 3.63) is 40.2 Å². The Bertz CT molecular complexity index is 352. The first kappa shape index (κ1) is 7.72. The number of hydrogen-bond acceptors (Lipinski definition) is 2. The lowest BCUT2D eigenvalue weighted by atomic mass is 10.3. The topological polar surface area (TPSA) is 30.7 Å². The number of benzene rings is 1. The van der Waals surface area contributed by atoms with Crippen LogP contribution in [0.4, 0.5) is 0 Å². The lowest BCUT2D eigenvalue weighted by Gasteiger charge is -1.97. The van der Waals surface area contributed by atoms with Gasteiger partial charge in [0.2, 0.25) is 0 Å². The molecule has 0 aliphatic heterocycles. The summed E-state index contributed by atoms with van der Waals surface area (Å²) in [5.41, 5.74) is 0.986. The zero-order chi connectivity index (χ0) is 8.39. The van der Waals surface area contributed by atoms with E-state index in [9.17, 15) is 0 Å². The first-order chi connectivity index (χ1) is 5.86. The van der Waals surface area contributed by atoms with Crippen LogP contribution in [0.25, 0.3) is 5.69 Å². The lowest BCUT2D eigenvalue weighted by Crippen LogP contribution is -1.97. The van der Waals surface area contributed by atoms with Gasteiger partial charge in [-0.1, -0.05) is 0 Å². The molecule has 0 aliphatic rings. The molecule has 2 rings (SSSR count). The van der Waals surface area contributed by atoms with Crippen molar-refractivity contribution in [1.82, 2.24) is 15.0 Å². The highest BCUT2D eigenvalue weighted by molar-refractivity contribution is 14.1. The van der Waals surface area contributed by atoms with Crippen molar-refractivity contribution in [3.8, 4) is 5.69 Å². The van der Waals surface area contributed by atoms with Crippen LogP contribution in [0, 0.1) is 3.57 Å². The van der Waals surface area contributed by atoms with Crippen LogP contribution in [-0.4, -0.2) is 15.0 Å². The van der Waals surface area contributed by atoms with Gasteiger partial charge in [-0.2, -0.15) is 15.0 Å². The van der Waals surface area contributed by atoms with Crippen molar-refractivity contribution >= 4 is 22.6 Å². The average Bonchev–Trinajstić information content (AvgIpc) is 2.58. The quantitative estimate of drug-likeness (QED) is 0.741. The van der Waals surface area contributed by atoms with Gasteiger partial charge in [-0.3, -0.25) is 0 Å². The summed E-state index contributed by atoms with van der Waals surface area (Å²) in [6, 6.07) is 8.03. The Morgan fingerprint density at radius 2 is 1.58 bits per heavy atom. The van der Waals surface area contributed by atoms with Crippen molar-refractivity contribution in [2.45, 2.75) is 0 Å². The van der Waals surface area contributed by atoms with Gasteiger partial charge >= 0.3 is 0 Å². The molecule has 0 spiro atoms. The predicted molar refractivity (Wildman–Crippen MR) is 54.1 cm³/mol. The van der Waals surface area contributed by atoms with Crippen molar-refractivity contribution in [1.29, 1.82) is 0 Å². The van der Waals surface area contributed by atoms with Crippen LogP contribution in [-0.2, 0) is 0 Å². The van der Waals surface area contributed by atoms with E-state index in [-0.39, 0.29) is 0 Å². The lowest BCUT2D eigenvalue weighted by molar-refractivity contribution is 0.752. The van der Waals surface area contributed by atoms with E-state index in [4.69, 9.17) is 0 Å². The highest BCUT2D eigenvalue weighted by Gasteiger charge is 1.94. The molecule has 0 N–H and O–H groups in total. The van der Waals surface area contributed by atoms with Gasteiger partial charge < -0.3 is 0 Å². The van der Waals surface area contributed by atoms with E-state index in [0.29, 0.717) is 0 Å². The fraction of sp³-hybridized carbons (Fsp3) is 0. The monoisotopic (exact) mass is 271 g/mol. The minimum atomic E-state index is 0.986. The summed E-state index contributed by atoms with van der Waals surface area (Å²) >= 11 is 2.26. The molecule has 0 saturated heterocycles. The van der Waals surface area contributed by atoms with Gasteiger partial charge in [0.05, 0.1) is 18.1 Å². The minimum absolute atomic E-state index is 0.986. The van der Waals surface area contributed by atoms with Gasteiger partial charge in [0.25, 0.3) is 0 Å². The third kappa shape index (κ3) is 1.47. The van der Waals surface area contributed by atoms with Crippen LogP contribution in [0.5, 0.6) is 0 Å². The van der Waals surface area contributed by atoms with Crippen LogP contribution in [0.2, 0.25) is 0 Å². The molecule has 4 heteroatoms. The summed E-state index contributed by atoms with van der Waals surface area (Å²) in [4.78, 5) is 1.59. The van der Waals surface area contributed by atoms with E-state index in [1.165, 1.54) is 3.57 Å². The van der Waals surface area contributed by atoms with E-state index < -0.39 is 0 Å². The number of hydrogen-bond donors (Lipinski definition) is 0. The number of rotatable bonds is 1. The molecule has 0 radical (unpaired) electrons. The Morgan fingerprint density at radius 1 is 1.00 bits per heavy atom. The molecule has 1 aromatic heterocycles. The normalized spacial score (nSPS) is 10.1. The number of aromatic nitrogens is 3. The Balaban J connectivity index is 2.43. The third-order valence-corrected chi connectivity index (χ3v) is 2.20. The van der Waals surface area contributed by atoms with Crippen molar-refractivity contribution in [2.75, 3.05) is 0 Å². The molecule has 0 saturated carbocycles. The first-order valence-corrected chi connectivity index (χ1v) is 4.56. The summed E-state index contributed by atoms with van der Waals surface area (Å²) in [5, 5.41) is 8.04. The van der Waals surface area contributed by atoms with Gasteiger partial charge in [0.15, 0.2) is 0 Å². The highest BCUT2D eigenvalue weighted by Crippen LogP contribution is 2.08.